The fourth-order valence-corrected chi connectivity index (χ4v) is 4.25. The fraction of sp³-hybridized carbons (Fsp3) is 0.364. The molecule has 1 aromatic carbocycles. The Balaban J connectivity index is 1.35. The van der Waals surface area contributed by atoms with Crippen molar-refractivity contribution in [3.05, 3.63) is 60.3 Å². The number of urea groups is 1. The number of hydrogen-bond acceptors (Lipinski definition) is 4. The summed E-state index contributed by atoms with van der Waals surface area (Å²) in [5.41, 5.74) is 2.06. The van der Waals surface area contributed by atoms with Gasteiger partial charge in [0.15, 0.2) is 6.54 Å². The molecule has 0 aliphatic carbocycles. The van der Waals surface area contributed by atoms with Crippen molar-refractivity contribution in [3.63, 3.8) is 0 Å². The molecule has 0 bridgehead atoms. The molecule has 4 amide bonds. The largest absolute Gasteiger partial charge is 0.344 e. The molecule has 1 atom stereocenters. The van der Waals surface area contributed by atoms with E-state index in [1.807, 2.05) is 49.5 Å². The first-order chi connectivity index (χ1) is 15.0. The number of nitrogens with one attached hydrogen (secondary N) is 4. The number of aromatic nitrogens is 1. The van der Waals surface area contributed by atoms with Gasteiger partial charge in [0.25, 0.3) is 17.6 Å². The van der Waals surface area contributed by atoms with Crippen molar-refractivity contribution >= 4 is 23.7 Å². The molecule has 2 aromatic rings. The summed E-state index contributed by atoms with van der Waals surface area (Å²) >= 11 is 0. The first-order valence-electron chi connectivity index (χ1n) is 10.6. The number of quaternary nitrogens is 1. The third-order valence-electron chi connectivity index (χ3n) is 6.04. The molecule has 3 heterocycles. The monoisotopic (exact) mass is 424 g/mol. The zero-order chi connectivity index (χ0) is 21.8. The van der Waals surface area contributed by atoms with Gasteiger partial charge in [0.1, 0.15) is 31.7 Å². The summed E-state index contributed by atoms with van der Waals surface area (Å²) in [6.45, 7) is 5.26. The Morgan fingerprint density at radius 3 is 2.48 bits per heavy atom. The molecule has 4 N–H and O–H groups in total. The minimum absolute atomic E-state index is 0.202. The maximum Gasteiger partial charge on any atom is 0.344 e. The normalized spacial score (nSPS) is 21.8. The Kier molecular flexibility index (Phi) is 5.85. The van der Waals surface area contributed by atoms with Crippen LogP contribution in [0.4, 0.5) is 10.6 Å². The highest BCUT2D eigenvalue weighted by molar-refractivity contribution is 6.08. The molecule has 0 radical (unpaired) electrons. The van der Waals surface area contributed by atoms with Gasteiger partial charge in [0.2, 0.25) is 0 Å². The minimum Gasteiger partial charge on any atom is -0.321 e. The number of H-pyrrole nitrogens is 1. The molecular weight excluding hydrogens is 396 g/mol. The SMILES string of the molecule is CC[C@]1(c2ccccc2)NC(=O)N(NC(=O)C[NH+]2CCN(c3cccc[nH+]3)CC2)C1=O. The van der Waals surface area contributed by atoms with Crippen molar-refractivity contribution in [3.8, 4) is 0 Å². The topological polar surface area (TPSA) is 100 Å². The smallest absolute Gasteiger partial charge is 0.321 e. The van der Waals surface area contributed by atoms with Crippen molar-refractivity contribution in [1.82, 2.24) is 15.8 Å². The number of hydrogen-bond donors (Lipinski definition) is 3. The molecule has 4 rings (SSSR count). The summed E-state index contributed by atoms with van der Waals surface area (Å²) in [6.07, 6.45) is 2.28. The van der Waals surface area contributed by atoms with E-state index in [-0.39, 0.29) is 12.5 Å². The summed E-state index contributed by atoms with van der Waals surface area (Å²) in [4.78, 5) is 44.8. The van der Waals surface area contributed by atoms with Gasteiger partial charge >= 0.3 is 6.03 Å². The van der Waals surface area contributed by atoms with Crippen LogP contribution in [0, 0.1) is 0 Å². The number of nitrogens with zero attached hydrogens (tertiary/aromatic N) is 2. The van der Waals surface area contributed by atoms with E-state index in [0.29, 0.717) is 12.0 Å². The lowest BCUT2D eigenvalue weighted by Crippen LogP contribution is -3.16. The van der Waals surface area contributed by atoms with Gasteiger partial charge in [-0.2, -0.15) is 5.01 Å². The van der Waals surface area contributed by atoms with Gasteiger partial charge in [-0.1, -0.05) is 43.3 Å². The molecule has 9 nitrogen and oxygen atoms in total. The number of anilines is 1. The van der Waals surface area contributed by atoms with Crippen LogP contribution in [0.15, 0.2) is 54.7 Å². The molecule has 2 aliphatic heterocycles. The highest BCUT2D eigenvalue weighted by Gasteiger charge is 2.52. The summed E-state index contributed by atoms with van der Waals surface area (Å²) in [7, 11) is 0. The molecule has 2 fully saturated rings. The lowest BCUT2D eigenvalue weighted by molar-refractivity contribution is -0.892. The van der Waals surface area contributed by atoms with E-state index in [1.54, 1.807) is 12.1 Å². The number of piperazine rings is 1. The summed E-state index contributed by atoms with van der Waals surface area (Å²) in [6, 6.07) is 14.5. The van der Waals surface area contributed by atoms with Crippen LogP contribution in [-0.2, 0) is 15.1 Å². The van der Waals surface area contributed by atoms with Crippen molar-refractivity contribution in [2.45, 2.75) is 18.9 Å². The Bertz CT molecular complexity index is 946. The number of carbonyl (C=O) groups excluding carboxylic acids is 3. The highest BCUT2D eigenvalue weighted by Crippen LogP contribution is 2.31. The van der Waals surface area contributed by atoms with E-state index in [2.05, 4.69) is 20.6 Å². The standard InChI is InChI=1S/C22H26N6O3/c1-2-22(17-8-4-3-5-9-17)20(30)28(21(31)24-22)25-19(29)16-26-12-14-27(15-13-26)18-10-6-7-11-23-18/h3-11H,2,12-16H2,1H3,(H,24,31)(H,25,29)/p+2/t22-/m1/s1. The zero-order valence-electron chi connectivity index (χ0n) is 17.6. The number of carbonyl (C=O) groups is 3. The highest BCUT2D eigenvalue weighted by atomic mass is 16.2. The van der Waals surface area contributed by atoms with E-state index >= 15 is 0 Å². The van der Waals surface area contributed by atoms with Gasteiger partial charge < -0.3 is 10.2 Å². The first-order valence-corrected chi connectivity index (χ1v) is 10.6. The lowest BCUT2D eigenvalue weighted by atomic mass is 9.87. The molecule has 9 heteroatoms. The summed E-state index contributed by atoms with van der Waals surface area (Å²) in [5, 5.41) is 3.60. The number of hydrazine groups is 1. The Labute approximate surface area is 181 Å². The first kappa shape index (κ1) is 20.8. The van der Waals surface area contributed by atoms with Crippen LogP contribution in [0.1, 0.15) is 18.9 Å². The van der Waals surface area contributed by atoms with Gasteiger partial charge in [-0.05, 0) is 18.1 Å². The second-order valence-electron chi connectivity index (χ2n) is 7.89. The second kappa shape index (κ2) is 8.73. The van der Waals surface area contributed by atoms with E-state index < -0.39 is 17.5 Å². The van der Waals surface area contributed by atoms with Crippen LogP contribution in [0.3, 0.4) is 0 Å². The van der Waals surface area contributed by atoms with Gasteiger partial charge in [-0.25, -0.2) is 9.78 Å². The maximum absolute atomic E-state index is 13.1. The third-order valence-corrected chi connectivity index (χ3v) is 6.04. The fourth-order valence-electron chi connectivity index (χ4n) is 4.25. The van der Waals surface area contributed by atoms with Crippen LogP contribution in [0.2, 0.25) is 0 Å². The molecule has 2 saturated heterocycles. The molecule has 162 valence electrons. The van der Waals surface area contributed by atoms with Gasteiger partial charge in [-0.3, -0.25) is 19.9 Å². The average Bonchev–Trinajstić information content (AvgIpc) is 3.06. The number of aromatic amines is 1. The van der Waals surface area contributed by atoms with Crippen LogP contribution in [-0.4, -0.2) is 55.6 Å². The predicted molar refractivity (Wildman–Crippen MR) is 113 cm³/mol. The number of rotatable bonds is 6. The van der Waals surface area contributed by atoms with E-state index in [0.717, 1.165) is 41.9 Å². The average molecular weight is 425 g/mol. The van der Waals surface area contributed by atoms with E-state index in [4.69, 9.17) is 0 Å². The van der Waals surface area contributed by atoms with E-state index in [9.17, 15) is 14.4 Å². The van der Waals surface area contributed by atoms with Gasteiger partial charge in [0, 0.05) is 6.07 Å². The number of amides is 4. The second-order valence-corrected chi connectivity index (χ2v) is 7.89. The quantitative estimate of drug-likeness (QED) is 0.523. The van der Waals surface area contributed by atoms with E-state index in [1.165, 1.54) is 0 Å². The number of imide groups is 1. The van der Waals surface area contributed by atoms with Crippen molar-refractivity contribution in [1.29, 1.82) is 0 Å². The third kappa shape index (κ3) is 4.09. The Morgan fingerprint density at radius 1 is 1.13 bits per heavy atom. The minimum atomic E-state index is -1.16. The van der Waals surface area contributed by atoms with Crippen molar-refractivity contribution < 1.29 is 24.3 Å². The van der Waals surface area contributed by atoms with Crippen LogP contribution < -0.4 is 25.5 Å². The van der Waals surface area contributed by atoms with Crippen LogP contribution in [0.5, 0.6) is 0 Å². The van der Waals surface area contributed by atoms with Gasteiger partial charge in [0.05, 0.1) is 6.20 Å². The molecule has 1 aromatic heterocycles. The summed E-state index contributed by atoms with van der Waals surface area (Å²) in [5.74, 6) is 0.249. The molecule has 0 saturated carbocycles. The predicted octanol–water partition coefficient (Wildman–Crippen LogP) is -0.906. The molecule has 2 aliphatic rings. The number of benzene rings is 1. The number of pyridine rings is 1. The lowest BCUT2D eigenvalue weighted by Gasteiger charge is -2.28. The van der Waals surface area contributed by atoms with Crippen LogP contribution in [0.25, 0.3) is 0 Å². The molecular formula is C22H28N6O3+2. The van der Waals surface area contributed by atoms with Crippen molar-refractivity contribution in [2.75, 3.05) is 37.6 Å². The maximum atomic E-state index is 13.1. The zero-order valence-corrected chi connectivity index (χ0v) is 17.6. The summed E-state index contributed by atoms with van der Waals surface area (Å²) < 4.78 is 0. The van der Waals surface area contributed by atoms with Crippen molar-refractivity contribution in [2.24, 2.45) is 0 Å². The van der Waals surface area contributed by atoms with Crippen LogP contribution >= 0.6 is 0 Å². The van der Waals surface area contributed by atoms with Gasteiger partial charge in [-0.15, -0.1) is 0 Å². The Morgan fingerprint density at radius 2 is 1.84 bits per heavy atom. The molecule has 0 spiro atoms. The molecule has 31 heavy (non-hydrogen) atoms. The molecule has 0 unspecified atom stereocenters. The Hall–Kier alpha value is -3.46.